The Bertz CT molecular complexity index is 912. The van der Waals surface area contributed by atoms with Crippen molar-refractivity contribution in [1.82, 2.24) is 4.90 Å². The van der Waals surface area contributed by atoms with Crippen molar-refractivity contribution in [3.05, 3.63) is 54.1 Å². The summed E-state index contributed by atoms with van der Waals surface area (Å²) in [6, 6.07) is 14.7. The summed E-state index contributed by atoms with van der Waals surface area (Å²) in [5, 5.41) is 5.69. The van der Waals surface area contributed by atoms with E-state index in [2.05, 4.69) is 5.10 Å². The zero-order chi connectivity index (χ0) is 20.8. The lowest BCUT2D eigenvalue weighted by atomic mass is 10.1. The van der Waals surface area contributed by atoms with Gasteiger partial charge in [-0.05, 0) is 36.8 Å². The maximum absolute atomic E-state index is 13.1. The third-order valence-corrected chi connectivity index (χ3v) is 4.77. The standard InChI is InChI=1S/C22H25N3O4/c1-4-24(15-16-10-12-19(28-2)20(14-16)29-3)22(27)18-11-13-21(26)25(23-18)17-8-6-5-7-9-17/h5-10,12,14H,4,11,13,15H2,1-3H3. The molecule has 2 amide bonds. The molecule has 0 aromatic heterocycles. The molecule has 1 aliphatic rings. The number of rotatable bonds is 7. The Morgan fingerprint density at radius 3 is 2.45 bits per heavy atom. The van der Waals surface area contributed by atoms with Gasteiger partial charge >= 0.3 is 0 Å². The van der Waals surface area contributed by atoms with Crippen LogP contribution < -0.4 is 14.5 Å². The Labute approximate surface area is 170 Å². The number of methoxy groups -OCH3 is 2. The van der Waals surface area contributed by atoms with Gasteiger partial charge in [-0.25, -0.2) is 5.01 Å². The van der Waals surface area contributed by atoms with E-state index in [0.29, 0.717) is 42.4 Å². The molecule has 1 heterocycles. The number of benzene rings is 2. The second-order valence-corrected chi connectivity index (χ2v) is 6.60. The molecule has 0 spiro atoms. The van der Waals surface area contributed by atoms with Crippen LogP contribution >= 0.6 is 0 Å². The zero-order valence-electron chi connectivity index (χ0n) is 16.9. The average molecular weight is 395 g/mol. The number of nitrogens with zero attached hydrogens (tertiary/aromatic N) is 3. The minimum atomic E-state index is -0.171. The molecule has 29 heavy (non-hydrogen) atoms. The predicted molar refractivity (Wildman–Crippen MR) is 111 cm³/mol. The van der Waals surface area contributed by atoms with Gasteiger partial charge in [0.1, 0.15) is 5.71 Å². The third-order valence-electron chi connectivity index (χ3n) is 4.77. The number of hydrazone groups is 1. The molecule has 1 aliphatic heterocycles. The SMILES string of the molecule is CCN(Cc1ccc(OC)c(OC)c1)C(=O)C1=NN(c2ccccc2)C(=O)CC1. The number of para-hydroxylation sites is 1. The molecular weight excluding hydrogens is 370 g/mol. The largest absolute Gasteiger partial charge is 0.493 e. The Morgan fingerprint density at radius 1 is 1.07 bits per heavy atom. The predicted octanol–water partition coefficient (Wildman–Crippen LogP) is 3.24. The molecule has 7 nitrogen and oxygen atoms in total. The summed E-state index contributed by atoms with van der Waals surface area (Å²) in [4.78, 5) is 27.1. The first-order chi connectivity index (χ1) is 14.1. The van der Waals surface area contributed by atoms with Crippen LogP contribution in [0.4, 0.5) is 5.69 Å². The van der Waals surface area contributed by atoms with E-state index in [1.807, 2.05) is 43.3 Å². The van der Waals surface area contributed by atoms with Crippen LogP contribution in [0.5, 0.6) is 11.5 Å². The lowest BCUT2D eigenvalue weighted by Crippen LogP contribution is -2.41. The van der Waals surface area contributed by atoms with Crippen molar-refractivity contribution in [2.24, 2.45) is 5.10 Å². The number of hydrogen-bond acceptors (Lipinski definition) is 5. The molecule has 7 heteroatoms. The van der Waals surface area contributed by atoms with Gasteiger partial charge in [0.25, 0.3) is 5.91 Å². The van der Waals surface area contributed by atoms with E-state index in [0.717, 1.165) is 5.56 Å². The molecule has 0 aliphatic carbocycles. The van der Waals surface area contributed by atoms with E-state index in [1.54, 1.807) is 31.3 Å². The van der Waals surface area contributed by atoms with Crippen LogP contribution in [-0.2, 0) is 16.1 Å². The smallest absolute Gasteiger partial charge is 0.270 e. The molecule has 0 saturated heterocycles. The minimum absolute atomic E-state index is 0.115. The van der Waals surface area contributed by atoms with Crippen LogP contribution in [0.1, 0.15) is 25.3 Å². The van der Waals surface area contributed by atoms with Gasteiger partial charge in [-0.15, -0.1) is 0 Å². The monoisotopic (exact) mass is 395 g/mol. The van der Waals surface area contributed by atoms with E-state index < -0.39 is 0 Å². The van der Waals surface area contributed by atoms with Crippen LogP contribution in [0.15, 0.2) is 53.6 Å². The summed E-state index contributed by atoms with van der Waals surface area (Å²) in [6.45, 7) is 2.85. The molecule has 0 fully saturated rings. The summed E-state index contributed by atoms with van der Waals surface area (Å²) in [6.07, 6.45) is 0.594. The molecule has 2 aromatic carbocycles. The van der Waals surface area contributed by atoms with Gasteiger partial charge in [0.15, 0.2) is 11.5 Å². The Kier molecular flexibility index (Phi) is 6.49. The van der Waals surface area contributed by atoms with Crippen LogP contribution in [0.2, 0.25) is 0 Å². The van der Waals surface area contributed by atoms with E-state index in [-0.39, 0.29) is 18.2 Å². The van der Waals surface area contributed by atoms with E-state index in [1.165, 1.54) is 5.01 Å². The summed E-state index contributed by atoms with van der Waals surface area (Å²) >= 11 is 0. The van der Waals surface area contributed by atoms with Gasteiger partial charge < -0.3 is 14.4 Å². The highest BCUT2D eigenvalue weighted by molar-refractivity contribution is 6.40. The van der Waals surface area contributed by atoms with Gasteiger partial charge in [-0.2, -0.15) is 5.10 Å². The van der Waals surface area contributed by atoms with Crippen molar-refractivity contribution >= 4 is 23.2 Å². The molecule has 0 atom stereocenters. The van der Waals surface area contributed by atoms with Gasteiger partial charge in [0, 0.05) is 25.9 Å². The number of anilines is 1. The lowest BCUT2D eigenvalue weighted by molar-refractivity contribution is -0.124. The molecule has 0 N–H and O–H groups in total. The van der Waals surface area contributed by atoms with Crippen molar-refractivity contribution < 1.29 is 19.1 Å². The fourth-order valence-corrected chi connectivity index (χ4v) is 3.19. The van der Waals surface area contributed by atoms with Crippen molar-refractivity contribution in [2.75, 3.05) is 25.8 Å². The molecule has 3 rings (SSSR count). The Balaban J connectivity index is 1.81. The molecule has 152 valence electrons. The van der Waals surface area contributed by atoms with Gasteiger partial charge in [-0.1, -0.05) is 24.3 Å². The average Bonchev–Trinajstić information content (AvgIpc) is 2.77. The Morgan fingerprint density at radius 2 is 1.79 bits per heavy atom. The molecule has 0 bridgehead atoms. The van der Waals surface area contributed by atoms with Crippen LogP contribution in [0.25, 0.3) is 0 Å². The van der Waals surface area contributed by atoms with Crippen LogP contribution in [0.3, 0.4) is 0 Å². The number of ether oxygens (including phenoxy) is 2. The molecule has 0 saturated carbocycles. The first-order valence-corrected chi connectivity index (χ1v) is 9.53. The third kappa shape index (κ3) is 4.56. The topological polar surface area (TPSA) is 71.4 Å². The van der Waals surface area contributed by atoms with E-state index in [4.69, 9.17) is 9.47 Å². The highest BCUT2D eigenvalue weighted by atomic mass is 16.5. The molecule has 0 unspecified atom stereocenters. The van der Waals surface area contributed by atoms with Crippen molar-refractivity contribution in [3.63, 3.8) is 0 Å². The van der Waals surface area contributed by atoms with Gasteiger partial charge in [-0.3, -0.25) is 9.59 Å². The lowest BCUT2D eigenvalue weighted by Gasteiger charge is -2.27. The molecule has 0 radical (unpaired) electrons. The van der Waals surface area contributed by atoms with Crippen molar-refractivity contribution in [1.29, 1.82) is 0 Å². The zero-order valence-corrected chi connectivity index (χ0v) is 16.9. The van der Waals surface area contributed by atoms with Gasteiger partial charge in [0.05, 0.1) is 19.9 Å². The number of carbonyl (C=O) groups is 2. The van der Waals surface area contributed by atoms with E-state index >= 15 is 0 Å². The maximum atomic E-state index is 13.1. The maximum Gasteiger partial charge on any atom is 0.270 e. The number of carbonyl (C=O) groups excluding carboxylic acids is 2. The normalized spacial score (nSPS) is 13.7. The summed E-state index contributed by atoms with van der Waals surface area (Å²) in [7, 11) is 3.16. The summed E-state index contributed by atoms with van der Waals surface area (Å²) in [5.41, 5.74) is 1.96. The summed E-state index contributed by atoms with van der Waals surface area (Å²) < 4.78 is 10.6. The van der Waals surface area contributed by atoms with E-state index in [9.17, 15) is 9.59 Å². The second kappa shape index (κ2) is 9.23. The van der Waals surface area contributed by atoms with Crippen LogP contribution in [0, 0.1) is 0 Å². The quantitative estimate of drug-likeness (QED) is 0.722. The second-order valence-electron chi connectivity index (χ2n) is 6.60. The first kappa shape index (κ1) is 20.4. The summed E-state index contributed by atoms with van der Waals surface area (Å²) in [5.74, 6) is 0.968. The van der Waals surface area contributed by atoms with Crippen LogP contribution in [-0.4, -0.2) is 43.2 Å². The molecule has 2 aromatic rings. The van der Waals surface area contributed by atoms with Gasteiger partial charge in [0.2, 0.25) is 5.91 Å². The van der Waals surface area contributed by atoms with Crippen molar-refractivity contribution in [2.45, 2.75) is 26.3 Å². The molecular formula is C22H25N3O4. The number of amides is 2. The highest BCUT2D eigenvalue weighted by Gasteiger charge is 2.28. The van der Waals surface area contributed by atoms with Crippen molar-refractivity contribution in [3.8, 4) is 11.5 Å². The minimum Gasteiger partial charge on any atom is -0.493 e. The first-order valence-electron chi connectivity index (χ1n) is 9.53. The highest BCUT2D eigenvalue weighted by Crippen LogP contribution is 2.28. The fourth-order valence-electron chi connectivity index (χ4n) is 3.19. The Hall–Kier alpha value is -3.35. The fraction of sp³-hybridized carbons (Fsp3) is 0.318. The number of hydrogen-bond donors (Lipinski definition) is 0.